The summed E-state index contributed by atoms with van der Waals surface area (Å²) in [6.45, 7) is 12.7. The average molecular weight is 309 g/mol. The Balaban J connectivity index is 2.88. The van der Waals surface area contributed by atoms with E-state index in [2.05, 4.69) is 57.4 Å². The fraction of sp³-hybridized carbons (Fsp3) is 0.625. The first kappa shape index (κ1) is 17.6. The van der Waals surface area contributed by atoms with Crippen LogP contribution in [0.4, 0.5) is 0 Å². The van der Waals surface area contributed by atoms with Gasteiger partial charge in [-0.05, 0) is 25.1 Å². The molecule has 4 N–H and O–H groups in total. The summed E-state index contributed by atoms with van der Waals surface area (Å²) in [6.07, 6.45) is 1.14. The third-order valence-electron chi connectivity index (χ3n) is 4.29. The van der Waals surface area contributed by atoms with Crippen molar-refractivity contribution in [3.8, 4) is 0 Å². The highest BCUT2D eigenvalue weighted by atomic mass is 28.3. The molecule has 0 saturated carbocycles. The zero-order valence-electron chi connectivity index (χ0n) is 13.9. The summed E-state index contributed by atoms with van der Waals surface area (Å²) in [5.41, 5.74) is 11.7. The van der Waals surface area contributed by atoms with Gasteiger partial charge in [0, 0.05) is 0 Å². The van der Waals surface area contributed by atoms with Crippen molar-refractivity contribution in [2.24, 2.45) is 11.5 Å². The molecule has 0 saturated heterocycles. The first-order valence-electron chi connectivity index (χ1n) is 7.76. The summed E-state index contributed by atoms with van der Waals surface area (Å²) in [7, 11) is -2.68. The summed E-state index contributed by atoms with van der Waals surface area (Å²) in [5.74, 6) is 0. The van der Waals surface area contributed by atoms with Crippen LogP contribution >= 0.6 is 0 Å². The van der Waals surface area contributed by atoms with Crippen molar-refractivity contribution in [1.29, 1.82) is 0 Å². The molecule has 0 aliphatic rings. The van der Waals surface area contributed by atoms with Crippen LogP contribution in [0.2, 0.25) is 38.3 Å². The standard InChI is InChI=1S/C16H32N2Si2/c1-14(18)13-20(4,5)16-9-7-15(8-10-16)19(2,3)12-6-11-17/h7-10,14H,6,11-13,17-18H2,1-5H3. The molecule has 0 aromatic heterocycles. The Morgan fingerprint density at radius 2 is 1.40 bits per heavy atom. The molecule has 0 radical (unpaired) electrons. The summed E-state index contributed by atoms with van der Waals surface area (Å²) in [6, 6.07) is 12.2. The Kier molecular flexibility index (Phi) is 6.19. The van der Waals surface area contributed by atoms with Crippen LogP contribution in [0.3, 0.4) is 0 Å². The van der Waals surface area contributed by atoms with Gasteiger partial charge in [-0.3, -0.25) is 0 Å². The Labute approximate surface area is 127 Å². The third-order valence-corrected chi connectivity index (χ3v) is 11.3. The molecule has 1 rings (SSSR count). The number of hydrogen-bond acceptors (Lipinski definition) is 2. The van der Waals surface area contributed by atoms with E-state index < -0.39 is 16.1 Å². The largest absolute Gasteiger partial charge is 0.330 e. The van der Waals surface area contributed by atoms with Gasteiger partial charge in [0.25, 0.3) is 0 Å². The van der Waals surface area contributed by atoms with Gasteiger partial charge in [0.1, 0.15) is 0 Å². The van der Waals surface area contributed by atoms with Gasteiger partial charge in [0.05, 0.1) is 16.1 Å². The third kappa shape index (κ3) is 4.84. The van der Waals surface area contributed by atoms with E-state index in [4.69, 9.17) is 11.5 Å². The Morgan fingerprint density at radius 3 is 1.80 bits per heavy atom. The second-order valence-electron chi connectivity index (χ2n) is 7.42. The van der Waals surface area contributed by atoms with E-state index in [0.29, 0.717) is 6.04 Å². The minimum absolute atomic E-state index is 0.298. The second-order valence-corrected chi connectivity index (χ2v) is 17.0. The molecular formula is C16H32N2Si2. The molecule has 1 unspecified atom stereocenters. The predicted octanol–water partition coefficient (Wildman–Crippen LogP) is 2.21. The van der Waals surface area contributed by atoms with E-state index in [1.54, 1.807) is 5.19 Å². The van der Waals surface area contributed by atoms with E-state index in [1.807, 2.05) is 0 Å². The zero-order valence-corrected chi connectivity index (χ0v) is 15.9. The Hall–Kier alpha value is -0.426. The monoisotopic (exact) mass is 308 g/mol. The number of nitrogens with two attached hydrogens (primary N) is 2. The van der Waals surface area contributed by atoms with Gasteiger partial charge in [-0.15, -0.1) is 0 Å². The predicted molar refractivity (Wildman–Crippen MR) is 97.6 cm³/mol. The highest BCUT2D eigenvalue weighted by Gasteiger charge is 2.26. The maximum atomic E-state index is 6.00. The highest BCUT2D eigenvalue weighted by molar-refractivity contribution is 6.91. The molecule has 20 heavy (non-hydrogen) atoms. The van der Waals surface area contributed by atoms with Gasteiger partial charge in [-0.1, -0.05) is 73.8 Å². The zero-order chi connectivity index (χ0) is 15.4. The number of rotatable bonds is 7. The topological polar surface area (TPSA) is 52.0 Å². The number of benzene rings is 1. The molecule has 0 aliphatic heterocycles. The van der Waals surface area contributed by atoms with Crippen molar-refractivity contribution < 1.29 is 0 Å². The molecule has 0 fully saturated rings. The van der Waals surface area contributed by atoms with E-state index >= 15 is 0 Å². The molecule has 0 aliphatic carbocycles. The van der Waals surface area contributed by atoms with Crippen molar-refractivity contribution in [2.75, 3.05) is 6.54 Å². The molecule has 114 valence electrons. The van der Waals surface area contributed by atoms with Crippen LogP contribution in [0.25, 0.3) is 0 Å². The van der Waals surface area contributed by atoms with Gasteiger partial charge in [-0.25, -0.2) is 0 Å². The van der Waals surface area contributed by atoms with E-state index in [0.717, 1.165) is 19.0 Å². The molecule has 1 aromatic carbocycles. The molecule has 4 heteroatoms. The first-order valence-corrected chi connectivity index (χ1v) is 14.2. The highest BCUT2D eigenvalue weighted by Crippen LogP contribution is 2.14. The molecule has 1 aromatic rings. The van der Waals surface area contributed by atoms with Crippen LogP contribution in [0, 0.1) is 0 Å². The summed E-state index contributed by atoms with van der Waals surface area (Å²) >= 11 is 0. The molecule has 0 spiro atoms. The molecule has 0 bridgehead atoms. The van der Waals surface area contributed by atoms with E-state index in [-0.39, 0.29) is 0 Å². The summed E-state index contributed by atoms with van der Waals surface area (Å²) in [4.78, 5) is 0. The smallest absolute Gasteiger partial charge is 0.0821 e. The van der Waals surface area contributed by atoms with Crippen LogP contribution in [0.1, 0.15) is 13.3 Å². The minimum Gasteiger partial charge on any atom is -0.330 e. The lowest BCUT2D eigenvalue weighted by molar-refractivity contribution is 0.818. The Morgan fingerprint density at radius 1 is 0.950 bits per heavy atom. The van der Waals surface area contributed by atoms with Crippen molar-refractivity contribution in [3.05, 3.63) is 24.3 Å². The fourth-order valence-electron chi connectivity index (χ4n) is 2.98. The molecule has 0 amide bonds. The van der Waals surface area contributed by atoms with Gasteiger partial charge in [0.2, 0.25) is 0 Å². The van der Waals surface area contributed by atoms with Crippen LogP contribution < -0.4 is 21.8 Å². The van der Waals surface area contributed by atoms with Crippen LogP contribution in [-0.4, -0.2) is 28.7 Å². The normalized spacial score (nSPS) is 14.3. The van der Waals surface area contributed by atoms with Gasteiger partial charge < -0.3 is 11.5 Å². The minimum atomic E-state index is -1.38. The SMILES string of the molecule is CC(N)C[Si](C)(C)c1ccc([Si](C)(C)CCCN)cc1. The lowest BCUT2D eigenvalue weighted by atomic mass is 10.4. The summed E-state index contributed by atoms with van der Waals surface area (Å²) in [5, 5.41) is 3.09. The van der Waals surface area contributed by atoms with Crippen LogP contribution in [0.15, 0.2) is 24.3 Å². The van der Waals surface area contributed by atoms with Gasteiger partial charge >= 0.3 is 0 Å². The first-order chi connectivity index (χ1) is 9.19. The average Bonchev–Trinajstić information content (AvgIpc) is 2.35. The molecule has 2 nitrogen and oxygen atoms in total. The second kappa shape index (κ2) is 7.03. The molecular weight excluding hydrogens is 276 g/mol. The quantitative estimate of drug-likeness (QED) is 0.759. The van der Waals surface area contributed by atoms with Crippen LogP contribution in [-0.2, 0) is 0 Å². The van der Waals surface area contributed by atoms with Gasteiger partial charge in [-0.2, -0.15) is 0 Å². The molecule has 1 atom stereocenters. The van der Waals surface area contributed by atoms with Crippen molar-refractivity contribution in [3.63, 3.8) is 0 Å². The van der Waals surface area contributed by atoms with Gasteiger partial charge in [0.15, 0.2) is 0 Å². The van der Waals surface area contributed by atoms with E-state index in [1.165, 1.54) is 11.2 Å². The fourth-order valence-corrected chi connectivity index (χ4v) is 8.34. The Bertz CT molecular complexity index is 411. The number of hydrogen-bond donors (Lipinski definition) is 2. The lowest BCUT2D eigenvalue weighted by Gasteiger charge is -2.27. The summed E-state index contributed by atoms with van der Waals surface area (Å²) < 4.78 is 0. The maximum absolute atomic E-state index is 6.00. The van der Waals surface area contributed by atoms with E-state index in [9.17, 15) is 0 Å². The van der Waals surface area contributed by atoms with Crippen molar-refractivity contribution in [2.45, 2.75) is 57.7 Å². The maximum Gasteiger partial charge on any atom is 0.0821 e. The van der Waals surface area contributed by atoms with Crippen LogP contribution in [0.5, 0.6) is 0 Å². The van der Waals surface area contributed by atoms with Crippen molar-refractivity contribution >= 4 is 26.5 Å². The molecule has 0 heterocycles. The lowest BCUT2D eigenvalue weighted by Crippen LogP contribution is -2.47. The van der Waals surface area contributed by atoms with Crippen molar-refractivity contribution in [1.82, 2.24) is 0 Å².